The molecule has 0 saturated carbocycles. The maximum Gasteiger partial charge on any atom is 0.0541 e. The van der Waals surface area contributed by atoms with Gasteiger partial charge in [0.05, 0.1) is 11.0 Å². The number of anilines is 3. The molecular formula is C60H40N2S. The molecule has 0 saturated heterocycles. The van der Waals surface area contributed by atoms with Crippen molar-refractivity contribution in [3.05, 3.63) is 243 Å². The van der Waals surface area contributed by atoms with Crippen molar-refractivity contribution < 1.29 is 0 Å². The summed E-state index contributed by atoms with van der Waals surface area (Å²) in [6.45, 7) is 0. The topological polar surface area (TPSA) is 8.17 Å². The van der Waals surface area contributed by atoms with Crippen LogP contribution in [0.2, 0.25) is 0 Å². The Bertz CT molecular complexity index is 3480. The van der Waals surface area contributed by atoms with E-state index in [0.717, 1.165) is 22.7 Å². The van der Waals surface area contributed by atoms with E-state index in [1.54, 1.807) is 0 Å². The summed E-state index contributed by atoms with van der Waals surface area (Å²) in [4.78, 5) is 2.35. The van der Waals surface area contributed by atoms with Gasteiger partial charge in [-0.2, -0.15) is 0 Å². The number of nitrogens with zero attached hydrogens (tertiary/aromatic N) is 2. The number of thiophene rings is 1. The second-order valence-corrected chi connectivity index (χ2v) is 17.2. The molecule has 0 aliphatic carbocycles. The number of hydrogen-bond acceptors (Lipinski definition) is 2. The fraction of sp³-hybridized carbons (Fsp3) is 0. The zero-order chi connectivity index (χ0) is 41.7. The van der Waals surface area contributed by atoms with Gasteiger partial charge in [-0.1, -0.05) is 164 Å². The van der Waals surface area contributed by atoms with Gasteiger partial charge in [0.15, 0.2) is 0 Å². The highest BCUT2D eigenvalue weighted by Crippen LogP contribution is 2.41. The van der Waals surface area contributed by atoms with E-state index in [2.05, 4.69) is 252 Å². The number of rotatable bonds is 8. The molecule has 0 aliphatic rings. The molecule has 0 unspecified atom stereocenters. The van der Waals surface area contributed by atoms with E-state index in [1.807, 2.05) is 11.3 Å². The lowest BCUT2D eigenvalue weighted by atomic mass is 10.0. The molecule has 0 spiro atoms. The molecule has 0 amide bonds. The zero-order valence-electron chi connectivity index (χ0n) is 34.4. The molecule has 0 N–H and O–H groups in total. The second-order valence-electron chi connectivity index (χ2n) is 16.1. The molecule has 12 rings (SSSR count). The lowest BCUT2D eigenvalue weighted by Gasteiger charge is -2.26. The van der Waals surface area contributed by atoms with Crippen LogP contribution >= 0.6 is 11.3 Å². The summed E-state index contributed by atoms with van der Waals surface area (Å²) >= 11 is 1.87. The van der Waals surface area contributed by atoms with Gasteiger partial charge in [0.25, 0.3) is 0 Å². The molecule has 0 atom stereocenters. The van der Waals surface area contributed by atoms with Crippen molar-refractivity contribution in [2.75, 3.05) is 4.90 Å². The summed E-state index contributed by atoms with van der Waals surface area (Å²) in [6, 6.07) is 88.2. The summed E-state index contributed by atoms with van der Waals surface area (Å²) < 4.78 is 5.06. The molecule has 0 fully saturated rings. The molecule has 63 heavy (non-hydrogen) atoms. The van der Waals surface area contributed by atoms with Crippen molar-refractivity contribution in [1.29, 1.82) is 0 Å². The summed E-state index contributed by atoms with van der Waals surface area (Å²) in [5, 5.41) is 5.15. The van der Waals surface area contributed by atoms with Crippen molar-refractivity contribution in [2.24, 2.45) is 0 Å². The first kappa shape index (κ1) is 36.8. The van der Waals surface area contributed by atoms with E-state index in [4.69, 9.17) is 0 Å². The fourth-order valence-electron chi connectivity index (χ4n) is 9.26. The lowest BCUT2D eigenvalue weighted by Crippen LogP contribution is -2.09. The Labute approximate surface area is 370 Å². The van der Waals surface area contributed by atoms with Crippen LogP contribution in [0.5, 0.6) is 0 Å². The van der Waals surface area contributed by atoms with E-state index in [1.165, 1.54) is 86.5 Å². The zero-order valence-corrected chi connectivity index (χ0v) is 35.2. The Morgan fingerprint density at radius 1 is 0.270 bits per heavy atom. The summed E-state index contributed by atoms with van der Waals surface area (Å²) in [5.74, 6) is 0. The maximum absolute atomic E-state index is 2.40. The van der Waals surface area contributed by atoms with Crippen LogP contribution in [-0.2, 0) is 0 Å². The average Bonchev–Trinajstić information content (AvgIpc) is 3.90. The molecule has 10 aromatic carbocycles. The number of fused-ring (bicyclic) bond motifs is 6. The van der Waals surface area contributed by atoms with Crippen LogP contribution in [0.1, 0.15) is 0 Å². The van der Waals surface area contributed by atoms with Crippen LogP contribution in [0.15, 0.2) is 243 Å². The third-order valence-corrected chi connectivity index (χ3v) is 13.6. The highest BCUT2D eigenvalue weighted by molar-refractivity contribution is 7.25. The molecule has 2 heterocycles. The first-order valence-corrected chi connectivity index (χ1v) is 22.3. The first-order chi connectivity index (χ1) is 31.2. The smallest absolute Gasteiger partial charge is 0.0541 e. The summed E-state index contributed by atoms with van der Waals surface area (Å²) in [5.41, 5.74) is 16.5. The van der Waals surface area contributed by atoms with Crippen molar-refractivity contribution in [2.45, 2.75) is 0 Å². The molecule has 0 radical (unpaired) electrons. The van der Waals surface area contributed by atoms with Gasteiger partial charge in [-0.05, 0) is 123 Å². The highest BCUT2D eigenvalue weighted by atomic mass is 32.1. The summed E-state index contributed by atoms with van der Waals surface area (Å²) in [7, 11) is 0. The van der Waals surface area contributed by atoms with Gasteiger partial charge in [0.2, 0.25) is 0 Å². The number of para-hydroxylation sites is 1. The monoisotopic (exact) mass is 820 g/mol. The van der Waals surface area contributed by atoms with Gasteiger partial charge in [-0.25, -0.2) is 0 Å². The third kappa shape index (κ3) is 6.67. The first-order valence-electron chi connectivity index (χ1n) is 21.5. The molecule has 2 aromatic heterocycles. The van der Waals surface area contributed by atoms with E-state index in [9.17, 15) is 0 Å². The van der Waals surface area contributed by atoms with E-state index in [0.29, 0.717) is 0 Å². The summed E-state index contributed by atoms with van der Waals surface area (Å²) in [6.07, 6.45) is 0. The lowest BCUT2D eigenvalue weighted by molar-refractivity contribution is 1.18. The quantitative estimate of drug-likeness (QED) is 0.148. The van der Waals surface area contributed by atoms with Crippen LogP contribution in [0.4, 0.5) is 17.1 Å². The van der Waals surface area contributed by atoms with Gasteiger partial charge in [-0.3, -0.25) is 0 Å². The standard InChI is InChI=1S/C60H40N2S/c1-3-11-41(12-4-1)43-19-29-49(30-20-43)61(50-31-21-44(22-32-50)42-13-5-2-6-14-42)51-33-23-45(24-34-51)47-28-38-58-56(39-47)53-15-7-9-17-57(53)62(58)52-35-25-46(26-36-52)48-27-37-55-54-16-8-10-18-59(54)63-60(55)40-48/h1-40H. The molecule has 2 nitrogen and oxygen atoms in total. The van der Waals surface area contributed by atoms with Crippen LogP contribution in [0.3, 0.4) is 0 Å². The fourth-order valence-corrected chi connectivity index (χ4v) is 10.4. The Morgan fingerprint density at radius 3 is 1.29 bits per heavy atom. The third-order valence-electron chi connectivity index (χ3n) is 12.4. The van der Waals surface area contributed by atoms with Gasteiger partial charge in [0, 0.05) is 53.7 Å². The van der Waals surface area contributed by atoms with Crippen LogP contribution in [-0.4, -0.2) is 4.57 Å². The Kier molecular flexibility index (Phi) is 9.06. The predicted molar refractivity (Wildman–Crippen MR) is 270 cm³/mol. The number of hydrogen-bond donors (Lipinski definition) is 0. The van der Waals surface area contributed by atoms with Gasteiger partial charge >= 0.3 is 0 Å². The van der Waals surface area contributed by atoms with Gasteiger partial charge in [-0.15, -0.1) is 11.3 Å². The molecular weight excluding hydrogens is 781 g/mol. The molecule has 0 aliphatic heterocycles. The van der Waals surface area contributed by atoms with Crippen molar-refractivity contribution in [3.63, 3.8) is 0 Å². The van der Waals surface area contributed by atoms with Crippen LogP contribution < -0.4 is 4.90 Å². The largest absolute Gasteiger partial charge is 0.311 e. The predicted octanol–water partition coefficient (Wildman–Crippen LogP) is 17.3. The van der Waals surface area contributed by atoms with Crippen LogP contribution in [0.25, 0.3) is 92.2 Å². The minimum atomic E-state index is 1.10. The van der Waals surface area contributed by atoms with E-state index >= 15 is 0 Å². The Morgan fingerprint density at radius 2 is 0.683 bits per heavy atom. The average molecular weight is 821 g/mol. The molecule has 12 aromatic rings. The maximum atomic E-state index is 2.40. The normalized spacial score (nSPS) is 11.5. The minimum absolute atomic E-state index is 1.10. The molecule has 3 heteroatoms. The van der Waals surface area contributed by atoms with Crippen molar-refractivity contribution in [1.82, 2.24) is 4.57 Å². The second kappa shape index (κ2) is 15.5. The van der Waals surface area contributed by atoms with Gasteiger partial charge in [0.1, 0.15) is 0 Å². The number of aromatic nitrogens is 1. The van der Waals surface area contributed by atoms with E-state index < -0.39 is 0 Å². The van der Waals surface area contributed by atoms with Crippen LogP contribution in [0, 0.1) is 0 Å². The molecule has 296 valence electrons. The minimum Gasteiger partial charge on any atom is -0.311 e. The Balaban J connectivity index is 0.879. The van der Waals surface area contributed by atoms with Crippen molar-refractivity contribution in [3.8, 4) is 50.2 Å². The van der Waals surface area contributed by atoms with Crippen molar-refractivity contribution >= 4 is 70.4 Å². The molecule has 0 bridgehead atoms. The number of benzene rings is 10. The van der Waals surface area contributed by atoms with Gasteiger partial charge < -0.3 is 9.47 Å². The Hall–Kier alpha value is -7.98. The van der Waals surface area contributed by atoms with E-state index in [-0.39, 0.29) is 0 Å². The highest BCUT2D eigenvalue weighted by Gasteiger charge is 2.17. The SMILES string of the molecule is c1ccc(-c2ccc(N(c3ccc(-c4ccccc4)cc3)c3ccc(-c4ccc5c(c4)c4ccccc4n5-c4ccc(-c5ccc6c(c5)sc5ccccc56)cc4)cc3)cc2)cc1.